The minimum Gasteiger partial charge on any atom is -0.380 e. The molecule has 4 rings (SSSR count). The summed E-state index contributed by atoms with van der Waals surface area (Å²) >= 11 is 0. The molecule has 1 aliphatic carbocycles. The van der Waals surface area contributed by atoms with E-state index in [1.807, 2.05) is 0 Å². The van der Waals surface area contributed by atoms with E-state index >= 15 is 0 Å². The number of hydrogen-bond donors (Lipinski definition) is 1. The van der Waals surface area contributed by atoms with E-state index in [1.54, 1.807) is 0 Å². The molecule has 0 aliphatic heterocycles. The minimum atomic E-state index is -0.351. The molecule has 3 aromatic rings. The van der Waals surface area contributed by atoms with Crippen LogP contribution in [0.1, 0.15) is 82.8 Å². The van der Waals surface area contributed by atoms with Gasteiger partial charge in [-0.3, -0.25) is 0 Å². The van der Waals surface area contributed by atoms with Gasteiger partial charge in [0, 0.05) is 21.5 Å². The summed E-state index contributed by atoms with van der Waals surface area (Å²) < 4.78 is 0. The zero-order chi connectivity index (χ0) is 27.3. The summed E-state index contributed by atoms with van der Waals surface area (Å²) in [6.45, 7) is 23.0. The predicted octanol–water partition coefficient (Wildman–Crippen LogP) is 7.27. The molecule has 0 spiro atoms. The fraction of sp³-hybridized carbons (Fsp3) is 0.371. The molecule has 0 aromatic heterocycles. The van der Waals surface area contributed by atoms with Crippen LogP contribution in [-0.2, 0) is 5.41 Å². The number of nitrogens with one attached hydrogen (secondary N) is 1. The van der Waals surface area contributed by atoms with Gasteiger partial charge in [0.25, 0.3) is 0 Å². The molecule has 0 amide bonds. The van der Waals surface area contributed by atoms with Crippen molar-refractivity contribution in [1.29, 1.82) is 0 Å². The fourth-order valence-electron chi connectivity index (χ4n) is 6.47. The Morgan fingerprint density at radius 1 is 0.730 bits per heavy atom. The number of rotatable bonds is 5. The van der Waals surface area contributed by atoms with Crippen LogP contribution in [0, 0.1) is 48.5 Å². The highest BCUT2D eigenvalue weighted by atomic mass is 28.1. The third-order valence-electron chi connectivity index (χ3n) is 8.84. The molecule has 0 saturated carbocycles. The SMILES string of the molecule is Cc1c(C(C2=CC=CC2)(c2ccccc2)c2c(C)c(C)c(C)c(C)c2C)cc([SiH3])c(NC(C)(C)C)c1C. The van der Waals surface area contributed by atoms with Gasteiger partial charge >= 0.3 is 0 Å². The lowest BCUT2D eigenvalue weighted by Crippen LogP contribution is -2.37. The second-order valence-corrected chi connectivity index (χ2v) is 13.3. The van der Waals surface area contributed by atoms with E-state index in [9.17, 15) is 0 Å². The summed E-state index contributed by atoms with van der Waals surface area (Å²) in [5.41, 5.74) is 16.6. The zero-order valence-electron chi connectivity index (χ0n) is 24.9. The number of allylic oxidation sites excluding steroid dienone is 4. The van der Waals surface area contributed by atoms with Gasteiger partial charge in [0.1, 0.15) is 0 Å². The van der Waals surface area contributed by atoms with Crippen molar-refractivity contribution in [2.24, 2.45) is 0 Å². The van der Waals surface area contributed by atoms with E-state index in [-0.39, 0.29) is 11.0 Å². The lowest BCUT2D eigenvalue weighted by atomic mass is 9.60. The molecule has 0 heterocycles. The van der Waals surface area contributed by atoms with E-state index in [1.165, 1.54) is 72.1 Å². The molecule has 3 aromatic carbocycles. The molecule has 0 fully saturated rings. The van der Waals surface area contributed by atoms with Crippen molar-refractivity contribution in [2.45, 2.75) is 86.6 Å². The first-order valence-electron chi connectivity index (χ1n) is 13.7. The summed E-state index contributed by atoms with van der Waals surface area (Å²) in [5.74, 6) is 0. The molecule has 1 unspecified atom stereocenters. The second-order valence-electron chi connectivity index (χ2n) is 12.2. The Kier molecular flexibility index (Phi) is 7.20. The highest BCUT2D eigenvalue weighted by Gasteiger charge is 2.44. The van der Waals surface area contributed by atoms with Gasteiger partial charge < -0.3 is 5.32 Å². The molecule has 1 atom stereocenters. The molecular formula is C35H45NSi. The molecular weight excluding hydrogens is 462 g/mol. The first-order valence-corrected chi connectivity index (χ1v) is 14.7. The van der Waals surface area contributed by atoms with Crippen molar-refractivity contribution in [3.05, 3.63) is 116 Å². The predicted molar refractivity (Wildman–Crippen MR) is 167 cm³/mol. The highest BCUT2D eigenvalue weighted by molar-refractivity contribution is 6.36. The normalized spacial score (nSPS) is 15.1. The molecule has 0 saturated heterocycles. The van der Waals surface area contributed by atoms with Gasteiger partial charge in [0.15, 0.2) is 0 Å². The highest BCUT2D eigenvalue weighted by Crippen LogP contribution is 2.52. The van der Waals surface area contributed by atoms with Crippen molar-refractivity contribution in [1.82, 2.24) is 0 Å². The van der Waals surface area contributed by atoms with Gasteiger partial charge in [-0.05, 0) is 142 Å². The first kappa shape index (κ1) is 27.2. The van der Waals surface area contributed by atoms with Gasteiger partial charge in [-0.25, -0.2) is 0 Å². The summed E-state index contributed by atoms with van der Waals surface area (Å²) in [4.78, 5) is 0. The Labute approximate surface area is 228 Å². The Balaban J connectivity index is 2.24. The quantitative estimate of drug-likeness (QED) is 0.283. The van der Waals surface area contributed by atoms with E-state index in [0.29, 0.717) is 0 Å². The van der Waals surface area contributed by atoms with Crippen LogP contribution >= 0.6 is 0 Å². The molecule has 1 nitrogen and oxygen atoms in total. The molecule has 37 heavy (non-hydrogen) atoms. The van der Waals surface area contributed by atoms with Crippen LogP contribution in [0.15, 0.2) is 60.2 Å². The van der Waals surface area contributed by atoms with Gasteiger partial charge in [-0.15, -0.1) is 0 Å². The van der Waals surface area contributed by atoms with E-state index in [4.69, 9.17) is 0 Å². The summed E-state index contributed by atoms with van der Waals surface area (Å²) in [5, 5.41) is 5.28. The number of hydrogen-bond acceptors (Lipinski definition) is 1. The van der Waals surface area contributed by atoms with Crippen LogP contribution in [0.4, 0.5) is 5.69 Å². The van der Waals surface area contributed by atoms with Crippen molar-refractivity contribution in [3.63, 3.8) is 0 Å². The van der Waals surface area contributed by atoms with Crippen LogP contribution in [0.25, 0.3) is 0 Å². The van der Waals surface area contributed by atoms with Gasteiger partial charge in [0.2, 0.25) is 0 Å². The average Bonchev–Trinajstić information content (AvgIpc) is 3.40. The second kappa shape index (κ2) is 9.80. The maximum Gasteiger partial charge on any atom is 0.0675 e. The van der Waals surface area contributed by atoms with Gasteiger partial charge in [0.05, 0.1) is 5.41 Å². The summed E-state index contributed by atoms with van der Waals surface area (Å²) in [6.07, 6.45) is 7.94. The van der Waals surface area contributed by atoms with Crippen LogP contribution in [0.3, 0.4) is 0 Å². The van der Waals surface area contributed by atoms with E-state index in [0.717, 1.165) is 16.7 Å². The summed E-state index contributed by atoms with van der Waals surface area (Å²) in [7, 11) is 0.981. The molecule has 2 heteroatoms. The van der Waals surface area contributed by atoms with Crippen molar-refractivity contribution >= 4 is 21.1 Å². The molecule has 1 aliphatic rings. The Bertz CT molecular complexity index is 1390. The molecule has 0 radical (unpaired) electrons. The third-order valence-corrected chi connectivity index (χ3v) is 9.62. The van der Waals surface area contributed by atoms with Crippen molar-refractivity contribution in [2.75, 3.05) is 5.32 Å². The Morgan fingerprint density at radius 2 is 1.30 bits per heavy atom. The maximum absolute atomic E-state index is 3.84. The minimum absolute atomic E-state index is 0.0185. The standard InChI is InChI=1S/C35H45NSi/c1-21-22(2)25(5)32(26(6)23(21)3)35(29-18-14-15-19-29,28-16-12-11-13-17-28)30-20-31(37)33(27(7)24(30)4)36-34(8,9)10/h11-18,20,36H,19H2,1-10,37H3. The lowest BCUT2D eigenvalue weighted by molar-refractivity contribution is 0.633. The number of benzene rings is 3. The molecule has 194 valence electrons. The molecule has 1 N–H and O–H groups in total. The topological polar surface area (TPSA) is 12.0 Å². The molecule has 0 bridgehead atoms. The van der Waals surface area contributed by atoms with Crippen molar-refractivity contribution in [3.8, 4) is 0 Å². The van der Waals surface area contributed by atoms with Gasteiger partial charge in [-0.1, -0.05) is 54.6 Å². The average molecular weight is 508 g/mol. The van der Waals surface area contributed by atoms with Crippen LogP contribution in [-0.4, -0.2) is 15.8 Å². The van der Waals surface area contributed by atoms with Gasteiger partial charge in [-0.2, -0.15) is 0 Å². The Morgan fingerprint density at radius 3 is 1.81 bits per heavy atom. The van der Waals surface area contributed by atoms with Crippen LogP contribution in [0.5, 0.6) is 0 Å². The first-order chi connectivity index (χ1) is 17.3. The van der Waals surface area contributed by atoms with E-state index < -0.39 is 0 Å². The monoisotopic (exact) mass is 507 g/mol. The van der Waals surface area contributed by atoms with Crippen LogP contribution in [0.2, 0.25) is 0 Å². The largest absolute Gasteiger partial charge is 0.380 e. The summed E-state index contributed by atoms with van der Waals surface area (Å²) in [6, 6.07) is 13.8. The third kappa shape index (κ3) is 4.44. The lowest BCUT2D eigenvalue weighted by Gasteiger charge is -2.43. The van der Waals surface area contributed by atoms with Crippen molar-refractivity contribution < 1.29 is 0 Å². The zero-order valence-corrected chi connectivity index (χ0v) is 26.9. The Hall–Kier alpha value is -2.84. The fourth-order valence-corrected chi connectivity index (χ4v) is 7.26. The van der Waals surface area contributed by atoms with E-state index in [2.05, 4.69) is 129 Å². The number of anilines is 1. The smallest absolute Gasteiger partial charge is 0.0675 e. The van der Waals surface area contributed by atoms with Crippen LogP contribution < -0.4 is 10.5 Å². The maximum atomic E-state index is 3.84.